The highest BCUT2D eigenvalue weighted by molar-refractivity contribution is 5.94. The third-order valence-corrected chi connectivity index (χ3v) is 5.50. The molecule has 0 spiro atoms. The minimum Gasteiger partial charge on any atom is -0.493 e. The number of nitrogens with one attached hydrogen (secondary N) is 1. The summed E-state index contributed by atoms with van der Waals surface area (Å²) < 4.78 is 13.0. The molecule has 1 aliphatic rings. The van der Waals surface area contributed by atoms with Gasteiger partial charge in [-0.05, 0) is 54.8 Å². The summed E-state index contributed by atoms with van der Waals surface area (Å²) in [6, 6.07) is 11.9. The Morgan fingerprint density at radius 1 is 1.20 bits per heavy atom. The number of rotatable bonds is 6. The van der Waals surface area contributed by atoms with E-state index in [0.717, 1.165) is 16.8 Å². The van der Waals surface area contributed by atoms with Gasteiger partial charge in [-0.2, -0.15) is 5.10 Å². The lowest BCUT2D eigenvalue weighted by Gasteiger charge is -2.24. The number of carbonyl (C=O) groups excluding carboxylic acids is 1. The second-order valence-corrected chi connectivity index (χ2v) is 7.44. The van der Waals surface area contributed by atoms with Crippen molar-refractivity contribution < 1.29 is 14.3 Å². The smallest absolute Gasteiger partial charge is 0.226 e. The van der Waals surface area contributed by atoms with Crippen LogP contribution in [0.3, 0.4) is 0 Å². The SMILES string of the molecule is C=CCOc1ccc(C2CC(=O)Nc3c2cnn3-c2ccc(C)c(C)c2)cc1OC. The van der Waals surface area contributed by atoms with Crippen molar-refractivity contribution in [3.63, 3.8) is 0 Å². The van der Waals surface area contributed by atoms with E-state index in [1.807, 2.05) is 30.5 Å². The number of amides is 1. The number of carbonyl (C=O) groups is 1. The number of anilines is 1. The van der Waals surface area contributed by atoms with Gasteiger partial charge in [0.05, 0.1) is 19.0 Å². The molecule has 1 unspecified atom stereocenters. The van der Waals surface area contributed by atoms with Crippen molar-refractivity contribution in [2.75, 3.05) is 19.0 Å². The van der Waals surface area contributed by atoms with Gasteiger partial charge in [-0.1, -0.05) is 24.8 Å². The van der Waals surface area contributed by atoms with Crippen molar-refractivity contribution >= 4 is 11.7 Å². The van der Waals surface area contributed by atoms with Gasteiger partial charge in [0.2, 0.25) is 5.91 Å². The van der Waals surface area contributed by atoms with E-state index in [-0.39, 0.29) is 11.8 Å². The van der Waals surface area contributed by atoms with E-state index in [1.54, 1.807) is 17.9 Å². The van der Waals surface area contributed by atoms with Gasteiger partial charge in [0, 0.05) is 17.9 Å². The summed E-state index contributed by atoms with van der Waals surface area (Å²) in [5.74, 6) is 1.83. The van der Waals surface area contributed by atoms with Crippen molar-refractivity contribution in [1.29, 1.82) is 0 Å². The Kier molecular flexibility index (Phi) is 5.31. The maximum atomic E-state index is 12.6. The Bertz CT molecular complexity index is 1120. The summed E-state index contributed by atoms with van der Waals surface area (Å²) >= 11 is 0. The van der Waals surface area contributed by atoms with Gasteiger partial charge < -0.3 is 14.8 Å². The standard InChI is InChI=1S/C24H25N3O3/c1-5-10-30-21-9-7-17(12-22(21)29-4)19-13-23(28)26-24-20(19)14-25-27(24)18-8-6-15(2)16(3)11-18/h5-9,11-12,14,19H,1,10,13H2,2-4H3,(H,26,28). The molecule has 0 saturated heterocycles. The zero-order valence-corrected chi connectivity index (χ0v) is 17.4. The van der Waals surface area contributed by atoms with Crippen molar-refractivity contribution in [3.8, 4) is 17.2 Å². The van der Waals surface area contributed by atoms with Gasteiger partial charge in [-0.3, -0.25) is 4.79 Å². The van der Waals surface area contributed by atoms with Gasteiger partial charge in [0.15, 0.2) is 11.5 Å². The molecule has 0 aliphatic carbocycles. The van der Waals surface area contributed by atoms with Crippen LogP contribution in [0.15, 0.2) is 55.3 Å². The van der Waals surface area contributed by atoms with E-state index in [2.05, 4.69) is 43.0 Å². The molecule has 1 aromatic heterocycles. The summed E-state index contributed by atoms with van der Waals surface area (Å²) in [5.41, 5.74) is 5.28. The van der Waals surface area contributed by atoms with Crippen LogP contribution in [0.4, 0.5) is 5.82 Å². The first kappa shape index (κ1) is 19.8. The van der Waals surface area contributed by atoms with Crippen LogP contribution in [0.5, 0.6) is 11.5 Å². The van der Waals surface area contributed by atoms with E-state index < -0.39 is 0 Å². The molecule has 0 saturated carbocycles. The number of fused-ring (bicyclic) bond motifs is 1. The van der Waals surface area contributed by atoms with Gasteiger partial charge in [0.25, 0.3) is 0 Å². The third kappa shape index (κ3) is 3.56. The lowest BCUT2D eigenvalue weighted by molar-refractivity contribution is -0.116. The molecule has 1 amide bonds. The largest absolute Gasteiger partial charge is 0.493 e. The molecule has 154 valence electrons. The number of benzene rings is 2. The van der Waals surface area contributed by atoms with Gasteiger partial charge in [0.1, 0.15) is 12.4 Å². The van der Waals surface area contributed by atoms with Crippen LogP contribution in [-0.2, 0) is 4.79 Å². The van der Waals surface area contributed by atoms with Crippen LogP contribution in [0.25, 0.3) is 5.69 Å². The minimum absolute atomic E-state index is 0.0379. The fourth-order valence-corrected chi connectivity index (χ4v) is 3.74. The number of hydrogen-bond donors (Lipinski definition) is 1. The lowest BCUT2D eigenvalue weighted by Crippen LogP contribution is -2.24. The van der Waals surface area contributed by atoms with E-state index in [0.29, 0.717) is 30.3 Å². The van der Waals surface area contributed by atoms with E-state index in [1.165, 1.54) is 11.1 Å². The Labute approximate surface area is 176 Å². The summed E-state index contributed by atoms with van der Waals surface area (Å²) in [6.45, 7) is 8.21. The van der Waals surface area contributed by atoms with Crippen molar-refractivity contribution in [2.45, 2.75) is 26.2 Å². The van der Waals surface area contributed by atoms with Crippen molar-refractivity contribution in [1.82, 2.24) is 9.78 Å². The molecule has 3 aromatic rings. The number of aryl methyl sites for hydroxylation is 2. The number of methoxy groups -OCH3 is 1. The second kappa shape index (κ2) is 8.06. The normalized spacial score (nSPS) is 15.3. The maximum Gasteiger partial charge on any atom is 0.226 e. The monoisotopic (exact) mass is 403 g/mol. The Morgan fingerprint density at radius 3 is 2.77 bits per heavy atom. The van der Waals surface area contributed by atoms with Gasteiger partial charge in [-0.25, -0.2) is 4.68 Å². The fourth-order valence-electron chi connectivity index (χ4n) is 3.74. The number of nitrogens with zero attached hydrogens (tertiary/aromatic N) is 2. The van der Waals surface area contributed by atoms with E-state index >= 15 is 0 Å². The zero-order chi connectivity index (χ0) is 21.3. The van der Waals surface area contributed by atoms with Crippen molar-refractivity contribution in [2.24, 2.45) is 0 Å². The summed E-state index contributed by atoms with van der Waals surface area (Å²) in [4.78, 5) is 12.6. The number of ether oxygens (including phenoxy) is 2. The van der Waals surface area contributed by atoms with Crippen LogP contribution in [-0.4, -0.2) is 29.4 Å². The predicted molar refractivity (Wildman–Crippen MR) is 117 cm³/mol. The molecule has 1 N–H and O–H groups in total. The van der Waals surface area contributed by atoms with Crippen LogP contribution in [0, 0.1) is 13.8 Å². The third-order valence-electron chi connectivity index (χ3n) is 5.50. The Balaban J connectivity index is 1.74. The Morgan fingerprint density at radius 2 is 2.03 bits per heavy atom. The second-order valence-electron chi connectivity index (χ2n) is 7.44. The average Bonchev–Trinajstić information content (AvgIpc) is 3.17. The molecule has 2 aromatic carbocycles. The molecule has 2 heterocycles. The quantitative estimate of drug-likeness (QED) is 0.614. The topological polar surface area (TPSA) is 65.4 Å². The van der Waals surface area contributed by atoms with Gasteiger partial charge in [-0.15, -0.1) is 0 Å². The fraction of sp³-hybridized carbons (Fsp3) is 0.250. The van der Waals surface area contributed by atoms with Crippen molar-refractivity contribution in [3.05, 3.63) is 77.5 Å². The lowest BCUT2D eigenvalue weighted by atomic mass is 9.87. The highest BCUT2D eigenvalue weighted by atomic mass is 16.5. The average molecular weight is 403 g/mol. The van der Waals surface area contributed by atoms with Crippen LogP contribution in [0.2, 0.25) is 0 Å². The summed E-state index contributed by atoms with van der Waals surface area (Å²) in [7, 11) is 1.61. The first-order valence-electron chi connectivity index (χ1n) is 9.89. The van der Waals surface area contributed by atoms with E-state index in [9.17, 15) is 4.79 Å². The molecule has 1 aliphatic heterocycles. The molecular formula is C24H25N3O3. The van der Waals surface area contributed by atoms with Gasteiger partial charge >= 0.3 is 0 Å². The van der Waals surface area contributed by atoms with Crippen LogP contribution >= 0.6 is 0 Å². The number of hydrogen-bond acceptors (Lipinski definition) is 4. The molecule has 4 rings (SSSR count). The van der Waals surface area contributed by atoms with Crippen LogP contribution < -0.4 is 14.8 Å². The minimum atomic E-state index is -0.114. The summed E-state index contributed by atoms with van der Waals surface area (Å²) in [6.07, 6.45) is 3.87. The maximum absolute atomic E-state index is 12.6. The molecule has 30 heavy (non-hydrogen) atoms. The first-order valence-corrected chi connectivity index (χ1v) is 9.89. The highest BCUT2D eigenvalue weighted by Crippen LogP contribution is 2.40. The summed E-state index contributed by atoms with van der Waals surface area (Å²) in [5, 5.41) is 7.59. The number of aromatic nitrogens is 2. The molecule has 0 bridgehead atoms. The highest BCUT2D eigenvalue weighted by Gasteiger charge is 2.31. The molecule has 0 radical (unpaired) electrons. The zero-order valence-electron chi connectivity index (χ0n) is 17.4. The predicted octanol–water partition coefficient (Wildman–Crippen LogP) is 4.54. The van der Waals surface area contributed by atoms with Crippen LogP contribution in [0.1, 0.15) is 34.6 Å². The molecular weight excluding hydrogens is 378 g/mol. The molecule has 6 heteroatoms. The van der Waals surface area contributed by atoms with E-state index in [4.69, 9.17) is 9.47 Å². The molecule has 1 atom stereocenters. The first-order chi connectivity index (χ1) is 14.5. The molecule has 0 fully saturated rings. The molecule has 6 nitrogen and oxygen atoms in total. The Hall–Kier alpha value is -3.54.